The van der Waals surface area contributed by atoms with Crippen LogP contribution in [0.3, 0.4) is 0 Å². The topological polar surface area (TPSA) is 94.3 Å². The number of rotatable bonds is 4. The number of nitrogens with zero attached hydrogens (tertiary/aromatic N) is 1. The number of hydrogen-bond acceptors (Lipinski definition) is 5. The fourth-order valence-electron chi connectivity index (χ4n) is 2.25. The van der Waals surface area contributed by atoms with E-state index in [1.165, 1.54) is 18.3 Å². The van der Waals surface area contributed by atoms with Gasteiger partial charge in [-0.2, -0.15) is 0 Å². The van der Waals surface area contributed by atoms with Crippen molar-refractivity contribution in [3.05, 3.63) is 48.2 Å². The second-order valence-corrected chi connectivity index (χ2v) is 6.59. The Morgan fingerprint density at radius 2 is 2.14 bits per heavy atom. The van der Waals surface area contributed by atoms with Gasteiger partial charge in [0.05, 0.1) is 4.90 Å². The fraction of sp³-hybridized carbons (Fsp3) is 0.214. The first-order valence-corrected chi connectivity index (χ1v) is 7.99. The summed E-state index contributed by atoms with van der Waals surface area (Å²) in [6, 6.07) is 10.4. The maximum Gasteiger partial charge on any atom is 0.240 e. The smallest absolute Gasteiger partial charge is 0.240 e. The van der Waals surface area contributed by atoms with Crippen LogP contribution in [0.15, 0.2) is 47.5 Å². The van der Waals surface area contributed by atoms with Crippen molar-refractivity contribution in [3.63, 3.8) is 0 Å². The Labute approximate surface area is 123 Å². The van der Waals surface area contributed by atoms with Gasteiger partial charge in [-0.1, -0.05) is 18.2 Å². The molecule has 3 rings (SSSR count). The first-order chi connectivity index (χ1) is 10.0. The Morgan fingerprint density at radius 1 is 1.33 bits per heavy atom. The molecule has 110 valence electrons. The molecule has 2 aromatic rings. The number of fused-ring (bicyclic) bond motifs is 1. The summed E-state index contributed by atoms with van der Waals surface area (Å²) in [5.41, 5.74) is 6.60. The Morgan fingerprint density at radius 3 is 2.90 bits per heavy atom. The molecule has 1 atom stereocenters. The number of nitrogen functional groups attached to an aromatic ring is 1. The van der Waals surface area contributed by atoms with Crippen LogP contribution in [0.2, 0.25) is 0 Å². The average molecular weight is 305 g/mol. The Bertz CT molecular complexity index is 737. The zero-order chi connectivity index (χ0) is 14.9. The standard InChI is InChI=1S/C14H15N3O3S/c15-14-8-12(5-6-16-14)21(18,19)17-9-11-7-10-3-1-2-4-13(10)20-11/h1-6,8,11,17H,7,9H2,(H2,15,16). The zero-order valence-corrected chi connectivity index (χ0v) is 12.0. The van der Waals surface area contributed by atoms with Gasteiger partial charge in [-0.05, 0) is 17.7 Å². The third kappa shape index (κ3) is 2.98. The molecule has 0 fully saturated rings. The largest absolute Gasteiger partial charge is 0.488 e. The van der Waals surface area contributed by atoms with Crippen molar-refractivity contribution in [1.82, 2.24) is 9.71 Å². The van der Waals surface area contributed by atoms with E-state index in [4.69, 9.17) is 10.5 Å². The lowest BCUT2D eigenvalue weighted by Gasteiger charge is -2.12. The Kier molecular flexibility index (Phi) is 3.52. The van der Waals surface area contributed by atoms with Crippen LogP contribution >= 0.6 is 0 Å². The van der Waals surface area contributed by atoms with E-state index in [1.54, 1.807) is 0 Å². The van der Waals surface area contributed by atoms with Crippen molar-refractivity contribution in [2.75, 3.05) is 12.3 Å². The van der Waals surface area contributed by atoms with E-state index >= 15 is 0 Å². The van der Waals surface area contributed by atoms with Crippen LogP contribution in [0.25, 0.3) is 0 Å². The van der Waals surface area contributed by atoms with Crippen molar-refractivity contribution in [1.29, 1.82) is 0 Å². The van der Waals surface area contributed by atoms with Crippen molar-refractivity contribution in [2.24, 2.45) is 0 Å². The van der Waals surface area contributed by atoms with Gasteiger partial charge in [-0.3, -0.25) is 0 Å². The number of hydrogen-bond donors (Lipinski definition) is 2. The van der Waals surface area contributed by atoms with Crippen molar-refractivity contribution in [3.8, 4) is 5.75 Å². The summed E-state index contributed by atoms with van der Waals surface area (Å²) in [5.74, 6) is 0.984. The minimum Gasteiger partial charge on any atom is -0.488 e. The molecule has 1 aliphatic heterocycles. The van der Waals surface area contributed by atoms with E-state index in [-0.39, 0.29) is 23.4 Å². The van der Waals surface area contributed by atoms with Crippen LogP contribution in [0.1, 0.15) is 5.56 Å². The predicted molar refractivity (Wildman–Crippen MR) is 78.4 cm³/mol. The second kappa shape index (κ2) is 5.34. The van der Waals surface area contributed by atoms with E-state index in [0.29, 0.717) is 6.42 Å². The van der Waals surface area contributed by atoms with Gasteiger partial charge >= 0.3 is 0 Å². The number of benzene rings is 1. The lowest BCUT2D eigenvalue weighted by atomic mass is 10.1. The summed E-state index contributed by atoms with van der Waals surface area (Å²) >= 11 is 0. The summed E-state index contributed by atoms with van der Waals surface area (Å²) in [5, 5.41) is 0. The average Bonchev–Trinajstić information content (AvgIpc) is 2.88. The number of pyridine rings is 1. The van der Waals surface area contributed by atoms with Gasteiger partial charge in [0.1, 0.15) is 17.7 Å². The molecule has 6 nitrogen and oxygen atoms in total. The number of aromatic nitrogens is 1. The van der Waals surface area contributed by atoms with Gasteiger partial charge in [0, 0.05) is 25.2 Å². The molecular weight excluding hydrogens is 290 g/mol. The molecule has 0 amide bonds. The van der Waals surface area contributed by atoms with Crippen LogP contribution < -0.4 is 15.2 Å². The quantitative estimate of drug-likeness (QED) is 0.877. The van der Waals surface area contributed by atoms with E-state index < -0.39 is 10.0 Å². The molecule has 1 aromatic heterocycles. The summed E-state index contributed by atoms with van der Waals surface area (Å²) < 4.78 is 32.6. The highest BCUT2D eigenvalue weighted by Crippen LogP contribution is 2.27. The first kappa shape index (κ1) is 13.8. The summed E-state index contributed by atoms with van der Waals surface area (Å²) in [7, 11) is -3.61. The third-order valence-corrected chi connectivity index (χ3v) is 4.70. The third-order valence-electron chi connectivity index (χ3n) is 3.28. The number of sulfonamides is 1. The minimum absolute atomic E-state index is 0.102. The fourth-order valence-corrected chi connectivity index (χ4v) is 3.34. The van der Waals surface area contributed by atoms with Gasteiger partial charge in [-0.25, -0.2) is 18.1 Å². The predicted octanol–water partition coefficient (Wildman–Crippen LogP) is 0.946. The number of para-hydroxylation sites is 1. The molecule has 3 N–H and O–H groups in total. The SMILES string of the molecule is Nc1cc(S(=O)(=O)NCC2Cc3ccccc3O2)ccn1. The Hall–Kier alpha value is -2.12. The van der Waals surface area contributed by atoms with Crippen molar-refractivity contribution >= 4 is 15.8 Å². The van der Waals surface area contributed by atoms with E-state index in [2.05, 4.69) is 9.71 Å². The van der Waals surface area contributed by atoms with Crippen LogP contribution in [-0.4, -0.2) is 26.1 Å². The number of nitrogens with two attached hydrogens (primary N) is 1. The molecule has 1 aliphatic rings. The van der Waals surface area contributed by atoms with Crippen LogP contribution in [0.5, 0.6) is 5.75 Å². The lowest BCUT2D eigenvalue weighted by molar-refractivity contribution is 0.236. The zero-order valence-electron chi connectivity index (χ0n) is 11.2. The van der Waals surface area contributed by atoms with E-state index in [9.17, 15) is 8.42 Å². The monoisotopic (exact) mass is 305 g/mol. The second-order valence-electron chi connectivity index (χ2n) is 4.82. The van der Waals surface area contributed by atoms with Crippen molar-refractivity contribution < 1.29 is 13.2 Å². The molecule has 0 aliphatic carbocycles. The summed E-state index contributed by atoms with van der Waals surface area (Å²) in [6.45, 7) is 0.208. The highest BCUT2D eigenvalue weighted by atomic mass is 32.2. The molecule has 7 heteroatoms. The van der Waals surface area contributed by atoms with Crippen LogP contribution in [-0.2, 0) is 16.4 Å². The van der Waals surface area contributed by atoms with E-state index in [0.717, 1.165) is 11.3 Å². The molecule has 0 bridgehead atoms. The molecule has 21 heavy (non-hydrogen) atoms. The maximum absolute atomic E-state index is 12.2. The van der Waals surface area contributed by atoms with E-state index in [1.807, 2.05) is 24.3 Å². The maximum atomic E-state index is 12.2. The highest BCUT2D eigenvalue weighted by molar-refractivity contribution is 7.89. The van der Waals surface area contributed by atoms with Gasteiger partial charge in [-0.15, -0.1) is 0 Å². The molecule has 1 aromatic carbocycles. The Balaban J connectivity index is 1.66. The number of nitrogens with one attached hydrogen (secondary N) is 1. The first-order valence-electron chi connectivity index (χ1n) is 6.50. The molecule has 2 heterocycles. The minimum atomic E-state index is -3.61. The highest BCUT2D eigenvalue weighted by Gasteiger charge is 2.24. The van der Waals surface area contributed by atoms with Gasteiger partial charge in [0.2, 0.25) is 10.0 Å². The number of ether oxygens (including phenoxy) is 1. The van der Waals surface area contributed by atoms with Crippen LogP contribution in [0.4, 0.5) is 5.82 Å². The summed E-state index contributed by atoms with van der Waals surface area (Å²) in [4.78, 5) is 3.88. The molecular formula is C14H15N3O3S. The molecule has 0 saturated heterocycles. The van der Waals surface area contributed by atoms with Gasteiger partial charge in [0.25, 0.3) is 0 Å². The number of anilines is 1. The lowest BCUT2D eigenvalue weighted by Crippen LogP contribution is -2.34. The summed E-state index contributed by atoms with van der Waals surface area (Å²) in [6.07, 6.45) is 1.86. The van der Waals surface area contributed by atoms with Gasteiger partial charge in [0.15, 0.2) is 0 Å². The normalized spacial score (nSPS) is 17.2. The van der Waals surface area contributed by atoms with Crippen LogP contribution in [0, 0.1) is 0 Å². The van der Waals surface area contributed by atoms with Crippen molar-refractivity contribution in [2.45, 2.75) is 17.4 Å². The molecule has 1 unspecified atom stereocenters. The molecule has 0 radical (unpaired) electrons. The van der Waals surface area contributed by atoms with Gasteiger partial charge < -0.3 is 10.5 Å². The molecule has 0 saturated carbocycles. The molecule has 0 spiro atoms.